The van der Waals surface area contributed by atoms with Crippen LogP contribution in [0.3, 0.4) is 0 Å². The Kier molecular flexibility index (Phi) is 4.23. The van der Waals surface area contributed by atoms with Gasteiger partial charge in [-0.3, -0.25) is 0 Å². The summed E-state index contributed by atoms with van der Waals surface area (Å²) in [5.41, 5.74) is 1.52. The first-order valence-corrected chi connectivity index (χ1v) is 8.41. The number of hydrogen-bond acceptors (Lipinski definition) is 2. The molecule has 0 amide bonds. The largest absolute Gasteiger partial charge is 0.243 e. The highest BCUT2D eigenvalue weighted by atomic mass is 35.5. The lowest BCUT2D eigenvalue weighted by molar-refractivity contribution is 0.281. The maximum atomic E-state index is 12.7. The number of aryl methyl sites for hydroxylation is 2. The van der Waals surface area contributed by atoms with Crippen molar-refractivity contribution in [3.8, 4) is 0 Å². The Morgan fingerprint density at radius 3 is 2.58 bits per heavy atom. The van der Waals surface area contributed by atoms with Gasteiger partial charge in [-0.15, -0.1) is 0 Å². The topological polar surface area (TPSA) is 37.4 Å². The van der Waals surface area contributed by atoms with Gasteiger partial charge >= 0.3 is 0 Å². The van der Waals surface area contributed by atoms with E-state index in [0.717, 1.165) is 18.4 Å². The fraction of sp³-hybridized carbons (Fsp3) is 0.571. The van der Waals surface area contributed by atoms with Crippen LogP contribution < -0.4 is 0 Å². The van der Waals surface area contributed by atoms with Gasteiger partial charge in [-0.25, -0.2) is 8.42 Å². The maximum Gasteiger partial charge on any atom is 0.243 e. The summed E-state index contributed by atoms with van der Waals surface area (Å²) in [6.07, 6.45) is 2.04. The summed E-state index contributed by atoms with van der Waals surface area (Å²) in [5, 5.41) is 0.614. The molecule has 0 spiro atoms. The summed E-state index contributed by atoms with van der Waals surface area (Å²) in [7, 11) is -3.39. The summed E-state index contributed by atoms with van der Waals surface area (Å²) < 4.78 is 27.0. The quantitative estimate of drug-likeness (QED) is 0.840. The second kappa shape index (κ2) is 5.43. The number of nitrogens with zero attached hydrogens (tertiary/aromatic N) is 1. The molecule has 1 heterocycles. The molecule has 1 fully saturated rings. The van der Waals surface area contributed by atoms with Crippen LogP contribution >= 0.6 is 11.6 Å². The van der Waals surface area contributed by atoms with E-state index in [-0.39, 0.29) is 0 Å². The van der Waals surface area contributed by atoms with Gasteiger partial charge in [0.1, 0.15) is 0 Å². The number of rotatable bonds is 2. The number of sulfonamides is 1. The molecule has 0 radical (unpaired) electrons. The molecule has 0 aliphatic carbocycles. The maximum absolute atomic E-state index is 12.7. The molecule has 19 heavy (non-hydrogen) atoms. The van der Waals surface area contributed by atoms with Crippen molar-refractivity contribution in [2.75, 3.05) is 13.1 Å². The van der Waals surface area contributed by atoms with Crippen molar-refractivity contribution in [3.05, 3.63) is 28.3 Å². The van der Waals surface area contributed by atoms with Crippen LogP contribution in [0.4, 0.5) is 0 Å². The van der Waals surface area contributed by atoms with Gasteiger partial charge in [-0.2, -0.15) is 4.31 Å². The van der Waals surface area contributed by atoms with Crippen molar-refractivity contribution < 1.29 is 8.42 Å². The van der Waals surface area contributed by atoms with Gasteiger partial charge in [0.05, 0.1) is 4.90 Å². The molecule has 0 aromatic heterocycles. The molecule has 5 heteroatoms. The lowest BCUT2D eigenvalue weighted by Gasteiger charge is -2.30. The number of benzene rings is 1. The Balaban J connectivity index is 2.42. The normalized spacial score (nSPS) is 21.6. The predicted molar refractivity (Wildman–Crippen MR) is 78.1 cm³/mol. The zero-order valence-electron chi connectivity index (χ0n) is 11.6. The number of halogens is 1. The minimum Gasteiger partial charge on any atom is -0.207 e. The van der Waals surface area contributed by atoms with E-state index in [2.05, 4.69) is 6.92 Å². The lowest BCUT2D eigenvalue weighted by atomic mass is 10.0. The predicted octanol–water partition coefficient (Wildman–Crippen LogP) is 3.38. The molecule has 106 valence electrons. The van der Waals surface area contributed by atoms with Crippen molar-refractivity contribution in [1.29, 1.82) is 0 Å². The smallest absolute Gasteiger partial charge is 0.207 e. The van der Waals surface area contributed by atoms with E-state index in [1.165, 1.54) is 0 Å². The first kappa shape index (κ1) is 14.8. The molecule has 0 bridgehead atoms. The van der Waals surface area contributed by atoms with Crippen LogP contribution in [0.25, 0.3) is 0 Å². The number of hydrogen-bond donors (Lipinski definition) is 0. The highest BCUT2D eigenvalue weighted by molar-refractivity contribution is 7.89. The average molecular weight is 302 g/mol. The molecular weight excluding hydrogens is 282 g/mol. The molecule has 1 saturated heterocycles. The van der Waals surface area contributed by atoms with Crippen molar-refractivity contribution >= 4 is 21.6 Å². The molecule has 1 unspecified atom stereocenters. The van der Waals surface area contributed by atoms with Crippen LogP contribution in [0.5, 0.6) is 0 Å². The zero-order chi connectivity index (χ0) is 14.2. The summed E-state index contributed by atoms with van der Waals surface area (Å²) in [6, 6.07) is 3.42. The van der Waals surface area contributed by atoms with Crippen LogP contribution in [-0.2, 0) is 10.0 Å². The third-order valence-electron chi connectivity index (χ3n) is 3.69. The summed E-state index contributed by atoms with van der Waals surface area (Å²) in [4.78, 5) is 0.392. The Bertz CT molecular complexity index is 583. The Morgan fingerprint density at radius 1 is 1.26 bits per heavy atom. The summed E-state index contributed by atoms with van der Waals surface area (Å²) in [6.45, 7) is 6.96. The summed E-state index contributed by atoms with van der Waals surface area (Å²) >= 11 is 6.04. The first-order valence-electron chi connectivity index (χ1n) is 6.59. The van der Waals surface area contributed by atoms with Crippen molar-refractivity contribution in [2.24, 2.45) is 5.92 Å². The fourth-order valence-corrected chi connectivity index (χ4v) is 4.64. The fourth-order valence-electron chi connectivity index (χ4n) is 2.54. The molecular formula is C14H20ClNO2S. The van der Waals surface area contributed by atoms with Gasteiger partial charge in [0, 0.05) is 18.1 Å². The van der Waals surface area contributed by atoms with E-state index in [1.807, 2.05) is 6.92 Å². The molecule has 1 aliphatic rings. The van der Waals surface area contributed by atoms with Crippen LogP contribution in [-0.4, -0.2) is 25.8 Å². The lowest BCUT2D eigenvalue weighted by Crippen LogP contribution is -2.39. The Morgan fingerprint density at radius 2 is 1.95 bits per heavy atom. The molecule has 2 rings (SSSR count). The van der Waals surface area contributed by atoms with Crippen molar-refractivity contribution in [2.45, 2.75) is 38.5 Å². The monoisotopic (exact) mass is 301 g/mol. The molecule has 1 atom stereocenters. The van der Waals surface area contributed by atoms with E-state index in [9.17, 15) is 8.42 Å². The standard InChI is InChI=1S/C14H20ClNO2S/c1-10-5-4-6-16(9-10)19(17,18)14-8-11(2)13(15)7-12(14)3/h7-8,10H,4-6,9H2,1-3H3. The molecule has 1 aliphatic heterocycles. The highest BCUT2D eigenvalue weighted by Crippen LogP contribution is 2.28. The Labute approximate surface area is 120 Å². The third-order valence-corrected chi connectivity index (χ3v) is 6.11. The van der Waals surface area contributed by atoms with Gasteiger partial charge < -0.3 is 0 Å². The van der Waals surface area contributed by atoms with Crippen LogP contribution in [0.2, 0.25) is 5.02 Å². The zero-order valence-corrected chi connectivity index (χ0v) is 13.2. The van der Waals surface area contributed by atoms with Crippen molar-refractivity contribution in [3.63, 3.8) is 0 Å². The number of piperidine rings is 1. The van der Waals surface area contributed by atoms with E-state index >= 15 is 0 Å². The van der Waals surface area contributed by atoms with E-state index < -0.39 is 10.0 Å². The molecule has 0 saturated carbocycles. The van der Waals surface area contributed by atoms with Gasteiger partial charge in [-0.1, -0.05) is 18.5 Å². The van der Waals surface area contributed by atoms with Gasteiger partial charge in [-0.05, 0) is 55.9 Å². The molecule has 0 N–H and O–H groups in total. The Hall–Kier alpha value is -0.580. The minimum absolute atomic E-state index is 0.392. The average Bonchev–Trinajstić information content (AvgIpc) is 2.33. The minimum atomic E-state index is -3.39. The van der Waals surface area contributed by atoms with E-state index in [0.29, 0.717) is 34.5 Å². The van der Waals surface area contributed by atoms with E-state index in [1.54, 1.807) is 23.4 Å². The van der Waals surface area contributed by atoms with Crippen LogP contribution in [0.15, 0.2) is 17.0 Å². The summed E-state index contributed by atoms with van der Waals surface area (Å²) in [5.74, 6) is 0.428. The van der Waals surface area contributed by atoms with Crippen molar-refractivity contribution in [1.82, 2.24) is 4.31 Å². The second-order valence-electron chi connectivity index (χ2n) is 5.48. The SMILES string of the molecule is Cc1cc(S(=O)(=O)N2CCCC(C)C2)c(C)cc1Cl. The van der Waals surface area contributed by atoms with Crippen LogP contribution in [0.1, 0.15) is 30.9 Å². The molecule has 1 aromatic rings. The van der Waals surface area contributed by atoms with E-state index in [4.69, 9.17) is 11.6 Å². The highest BCUT2D eigenvalue weighted by Gasteiger charge is 2.30. The van der Waals surface area contributed by atoms with Gasteiger partial charge in [0.15, 0.2) is 0 Å². The molecule has 3 nitrogen and oxygen atoms in total. The van der Waals surface area contributed by atoms with Gasteiger partial charge in [0.2, 0.25) is 10.0 Å². The first-order chi connectivity index (χ1) is 8.82. The van der Waals surface area contributed by atoms with Crippen LogP contribution in [0, 0.1) is 19.8 Å². The third kappa shape index (κ3) is 2.96. The second-order valence-corrected chi connectivity index (χ2v) is 7.79. The molecule has 1 aromatic carbocycles. The van der Waals surface area contributed by atoms with Gasteiger partial charge in [0.25, 0.3) is 0 Å².